The summed E-state index contributed by atoms with van der Waals surface area (Å²) in [6.07, 6.45) is 2.29. The fourth-order valence-corrected chi connectivity index (χ4v) is 1.64. The zero-order chi connectivity index (χ0) is 14.3. The van der Waals surface area contributed by atoms with Gasteiger partial charge >= 0.3 is 5.97 Å². The van der Waals surface area contributed by atoms with Gasteiger partial charge in [0.1, 0.15) is 12.1 Å². The number of carbonyl (C=O) groups is 1. The summed E-state index contributed by atoms with van der Waals surface area (Å²) in [7, 11) is 0. The van der Waals surface area contributed by atoms with Crippen LogP contribution >= 0.6 is 0 Å². The minimum absolute atomic E-state index is 0.190. The van der Waals surface area contributed by atoms with Crippen molar-refractivity contribution in [3.8, 4) is 5.88 Å². The van der Waals surface area contributed by atoms with Gasteiger partial charge in [-0.1, -0.05) is 6.92 Å². The van der Waals surface area contributed by atoms with Gasteiger partial charge in [0.25, 0.3) is 0 Å². The maximum absolute atomic E-state index is 10.5. The molecule has 2 N–H and O–H groups in total. The highest BCUT2D eigenvalue weighted by Crippen LogP contribution is 2.20. The smallest absolute Gasteiger partial charge is 0.303 e. The molecule has 0 aliphatic rings. The summed E-state index contributed by atoms with van der Waals surface area (Å²) < 4.78 is 5.39. The van der Waals surface area contributed by atoms with Gasteiger partial charge in [-0.25, -0.2) is 9.97 Å². The molecular formula is C13H21N3O3. The second-order valence-electron chi connectivity index (χ2n) is 4.50. The van der Waals surface area contributed by atoms with E-state index >= 15 is 0 Å². The van der Waals surface area contributed by atoms with Crippen LogP contribution in [0, 0.1) is 12.8 Å². The van der Waals surface area contributed by atoms with E-state index < -0.39 is 5.97 Å². The van der Waals surface area contributed by atoms with Crippen LogP contribution in [0.25, 0.3) is 0 Å². The maximum Gasteiger partial charge on any atom is 0.303 e. The van der Waals surface area contributed by atoms with Crippen molar-refractivity contribution < 1.29 is 14.6 Å². The third-order valence-electron chi connectivity index (χ3n) is 2.79. The van der Waals surface area contributed by atoms with E-state index in [9.17, 15) is 4.79 Å². The van der Waals surface area contributed by atoms with E-state index in [0.717, 1.165) is 11.4 Å². The molecule has 19 heavy (non-hydrogen) atoms. The van der Waals surface area contributed by atoms with Gasteiger partial charge in [0.15, 0.2) is 0 Å². The summed E-state index contributed by atoms with van der Waals surface area (Å²) in [6, 6.07) is 0. The molecule has 1 unspecified atom stereocenters. The monoisotopic (exact) mass is 267 g/mol. The summed E-state index contributed by atoms with van der Waals surface area (Å²) in [4.78, 5) is 18.7. The molecule has 0 aliphatic heterocycles. The molecular weight excluding hydrogens is 246 g/mol. The third-order valence-corrected chi connectivity index (χ3v) is 2.79. The Morgan fingerprint density at radius 3 is 2.89 bits per heavy atom. The average molecular weight is 267 g/mol. The van der Waals surface area contributed by atoms with Crippen LogP contribution in [0.2, 0.25) is 0 Å². The summed E-state index contributed by atoms with van der Waals surface area (Å²) in [5, 5.41) is 11.8. The largest absolute Gasteiger partial charge is 0.481 e. The lowest BCUT2D eigenvalue weighted by molar-refractivity contribution is -0.137. The molecule has 1 rings (SSSR count). The van der Waals surface area contributed by atoms with Crippen LogP contribution in [0.1, 0.15) is 32.3 Å². The van der Waals surface area contributed by atoms with Crippen LogP contribution in [-0.2, 0) is 4.79 Å². The highest BCUT2D eigenvalue weighted by atomic mass is 16.5. The van der Waals surface area contributed by atoms with Crippen LogP contribution in [0.5, 0.6) is 5.88 Å². The van der Waals surface area contributed by atoms with E-state index in [1.54, 1.807) is 0 Å². The Balaban J connectivity index is 2.53. The predicted molar refractivity (Wildman–Crippen MR) is 72.5 cm³/mol. The molecule has 0 saturated heterocycles. The number of aromatic nitrogens is 2. The van der Waals surface area contributed by atoms with E-state index in [2.05, 4.69) is 15.3 Å². The highest BCUT2D eigenvalue weighted by Gasteiger charge is 2.10. The van der Waals surface area contributed by atoms with Crippen LogP contribution in [0.15, 0.2) is 6.33 Å². The Kier molecular flexibility index (Phi) is 6.05. The van der Waals surface area contributed by atoms with E-state index in [1.165, 1.54) is 6.33 Å². The molecule has 0 spiro atoms. The predicted octanol–water partition coefficient (Wildman–Crippen LogP) is 2.10. The fraction of sp³-hybridized carbons (Fsp3) is 0.615. The number of nitrogens with one attached hydrogen (secondary N) is 1. The lowest BCUT2D eigenvalue weighted by Crippen LogP contribution is -2.15. The minimum Gasteiger partial charge on any atom is -0.481 e. The van der Waals surface area contributed by atoms with Gasteiger partial charge in [0, 0.05) is 13.0 Å². The first-order chi connectivity index (χ1) is 9.04. The quantitative estimate of drug-likeness (QED) is 0.750. The minimum atomic E-state index is -0.760. The SMILES string of the molecule is CCOc1ncnc(NCC(C)CCC(=O)O)c1C. The fourth-order valence-electron chi connectivity index (χ4n) is 1.64. The lowest BCUT2D eigenvalue weighted by Gasteiger charge is -2.14. The number of nitrogens with zero attached hydrogens (tertiary/aromatic N) is 2. The maximum atomic E-state index is 10.5. The number of carboxylic acid groups (broad SMARTS) is 1. The van der Waals surface area contributed by atoms with Crippen LogP contribution < -0.4 is 10.1 Å². The van der Waals surface area contributed by atoms with Gasteiger partial charge in [0.05, 0.1) is 12.2 Å². The highest BCUT2D eigenvalue weighted by molar-refractivity contribution is 5.66. The van der Waals surface area contributed by atoms with E-state index in [0.29, 0.717) is 25.5 Å². The molecule has 1 aromatic heterocycles. The van der Waals surface area contributed by atoms with Crippen molar-refractivity contribution in [2.24, 2.45) is 5.92 Å². The van der Waals surface area contributed by atoms with Gasteiger partial charge in [-0.3, -0.25) is 4.79 Å². The second kappa shape index (κ2) is 7.56. The van der Waals surface area contributed by atoms with E-state index in [-0.39, 0.29) is 12.3 Å². The number of aliphatic carboxylic acids is 1. The standard InChI is InChI=1S/C13H21N3O3/c1-4-19-13-10(3)12(15-8-16-13)14-7-9(2)5-6-11(17)18/h8-9H,4-7H2,1-3H3,(H,17,18)(H,14,15,16). The zero-order valence-electron chi connectivity index (χ0n) is 11.6. The molecule has 0 aliphatic carbocycles. The van der Waals surface area contributed by atoms with E-state index in [1.807, 2.05) is 20.8 Å². The Hall–Kier alpha value is -1.85. The molecule has 0 saturated carbocycles. The van der Waals surface area contributed by atoms with Crippen molar-refractivity contribution in [3.05, 3.63) is 11.9 Å². The number of anilines is 1. The molecule has 0 fully saturated rings. The number of rotatable bonds is 8. The molecule has 0 aromatic carbocycles. The van der Waals surface area contributed by atoms with Gasteiger partial charge < -0.3 is 15.2 Å². The van der Waals surface area contributed by atoms with Crippen molar-refractivity contribution in [2.75, 3.05) is 18.5 Å². The van der Waals surface area contributed by atoms with Gasteiger partial charge in [0.2, 0.25) is 5.88 Å². The van der Waals surface area contributed by atoms with E-state index in [4.69, 9.17) is 9.84 Å². The lowest BCUT2D eigenvalue weighted by atomic mass is 10.1. The first kappa shape index (κ1) is 15.2. The zero-order valence-corrected chi connectivity index (χ0v) is 11.6. The number of ether oxygens (including phenoxy) is 1. The van der Waals surface area contributed by atoms with Gasteiger partial charge in [-0.15, -0.1) is 0 Å². The Morgan fingerprint density at radius 2 is 2.26 bits per heavy atom. The summed E-state index contributed by atoms with van der Waals surface area (Å²) >= 11 is 0. The second-order valence-corrected chi connectivity index (χ2v) is 4.50. The Bertz CT molecular complexity index is 424. The molecule has 106 valence electrons. The normalized spacial score (nSPS) is 11.9. The van der Waals surface area contributed by atoms with Gasteiger partial charge in [-0.05, 0) is 26.2 Å². The molecule has 1 aromatic rings. The van der Waals surface area contributed by atoms with Crippen molar-refractivity contribution in [2.45, 2.75) is 33.6 Å². The van der Waals surface area contributed by atoms with Crippen molar-refractivity contribution in [3.63, 3.8) is 0 Å². The van der Waals surface area contributed by atoms with Crippen molar-refractivity contribution in [1.29, 1.82) is 0 Å². The summed E-state index contributed by atoms with van der Waals surface area (Å²) in [5.74, 6) is 0.823. The first-order valence-electron chi connectivity index (χ1n) is 6.44. The topological polar surface area (TPSA) is 84.3 Å². The molecule has 1 atom stereocenters. The molecule has 1 heterocycles. The molecule has 0 bridgehead atoms. The summed E-state index contributed by atoms with van der Waals surface area (Å²) in [5.41, 5.74) is 0.870. The van der Waals surface area contributed by atoms with Gasteiger partial charge in [-0.2, -0.15) is 0 Å². The molecule has 6 heteroatoms. The number of hydrogen-bond acceptors (Lipinski definition) is 5. The number of hydrogen-bond donors (Lipinski definition) is 2. The van der Waals surface area contributed by atoms with Crippen LogP contribution in [0.3, 0.4) is 0 Å². The third kappa shape index (κ3) is 5.11. The Morgan fingerprint density at radius 1 is 1.53 bits per heavy atom. The van der Waals surface area contributed by atoms with Crippen molar-refractivity contribution >= 4 is 11.8 Å². The van der Waals surface area contributed by atoms with Crippen molar-refractivity contribution in [1.82, 2.24) is 9.97 Å². The Labute approximate surface area is 113 Å². The van der Waals surface area contributed by atoms with Crippen LogP contribution in [0.4, 0.5) is 5.82 Å². The molecule has 0 radical (unpaired) electrons. The summed E-state index contributed by atoms with van der Waals surface area (Å²) in [6.45, 7) is 7.05. The van der Waals surface area contributed by atoms with Crippen LogP contribution in [-0.4, -0.2) is 34.2 Å². The molecule has 6 nitrogen and oxygen atoms in total. The average Bonchev–Trinajstić information content (AvgIpc) is 2.37. The number of carboxylic acids is 1. The molecule has 0 amide bonds. The first-order valence-corrected chi connectivity index (χ1v) is 6.44.